The number of hydrogen-bond acceptors (Lipinski definition) is 18. The molecule has 12 rings (SSSR count). The third-order valence-corrected chi connectivity index (χ3v) is 23.8. The number of fused-ring (bicyclic) bond motifs is 6. The van der Waals surface area contributed by atoms with Gasteiger partial charge in [0.1, 0.15) is 57.7 Å². The van der Waals surface area contributed by atoms with E-state index >= 15 is 0 Å². The Labute approximate surface area is 607 Å². The van der Waals surface area contributed by atoms with Crippen LogP contribution < -0.4 is 35.4 Å². The number of β-amino-alcohol motifs (C(OH)–C–C–N with tert-alkyl or cyclic N) is 1. The van der Waals surface area contributed by atoms with E-state index in [0.29, 0.717) is 36.7 Å². The number of carbonyl (C=O) groups is 8. The molecule has 8 amide bonds. The monoisotopic (exact) mass is 1480 g/mol. The molecule has 2 aromatic heterocycles. The number of amides is 8. The van der Waals surface area contributed by atoms with Crippen molar-refractivity contribution in [1.29, 1.82) is 0 Å². The molecule has 4 aromatic rings. The maximum Gasteiger partial charge on any atom is 0.408 e. The van der Waals surface area contributed by atoms with Crippen LogP contribution in [-0.2, 0) is 84.0 Å². The van der Waals surface area contributed by atoms with Crippen LogP contribution in [0, 0.1) is 22.7 Å². The molecule has 8 aliphatic rings. The average Bonchev–Trinajstić information content (AvgIpc) is 1.58. The van der Waals surface area contributed by atoms with E-state index in [1.807, 2.05) is 36.4 Å². The van der Waals surface area contributed by atoms with Crippen molar-refractivity contribution >= 4 is 101 Å². The molecule has 0 bridgehead atoms. The molecule has 0 radical (unpaired) electrons. The van der Waals surface area contributed by atoms with E-state index in [9.17, 15) is 60.3 Å². The summed E-state index contributed by atoms with van der Waals surface area (Å²) in [5, 5.41) is 24.8. The zero-order chi connectivity index (χ0) is 75.5. The molecule has 4 saturated carbocycles. The number of likely N-dealkylation sites (tertiary alicyclic amines) is 2. The minimum atomic E-state index is -3.89. The van der Waals surface area contributed by atoms with Crippen LogP contribution in [0.5, 0.6) is 5.88 Å². The van der Waals surface area contributed by atoms with E-state index in [1.54, 1.807) is 83.1 Å². The van der Waals surface area contributed by atoms with Crippen LogP contribution in [0.25, 0.3) is 21.5 Å². The van der Waals surface area contributed by atoms with Crippen LogP contribution in [0.15, 0.2) is 73.8 Å². The van der Waals surface area contributed by atoms with E-state index in [-0.39, 0.29) is 38.8 Å². The first-order valence-electron chi connectivity index (χ1n) is 35.4. The van der Waals surface area contributed by atoms with Crippen molar-refractivity contribution in [3.8, 4) is 5.88 Å². The van der Waals surface area contributed by atoms with Gasteiger partial charge in [0.15, 0.2) is 0 Å². The first-order chi connectivity index (χ1) is 48.0. The number of aromatic nitrogens is 2. The fourth-order valence-electron chi connectivity index (χ4n) is 13.9. The number of aryl methyl sites for hydroxylation is 4. The SMILES string of the molecule is C=CC1C[C@]1(NC(=O)[C@@H]1C[C@@H](O)CN1C(=O)[C@@H](NC(=O)OC(C)(C)C)C(C)(C)C)C(=O)NS(=O)(=O)C1CC1.C=CC1C[C@]1(NC(=O)[C@@H]1C[C@@H](Oc2nc3c(c4ccccc24)CCC3)CN1C(=O)[C@@H](NC(=O)OC(C)(C)C)C(C)(C)C)C(=O)NS(=O)(=O)C1CC1.Clc1nc2c(c3ccccc13)CCC2. The van der Waals surface area contributed by atoms with Crippen LogP contribution in [0.4, 0.5) is 9.59 Å². The smallest absolute Gasteiger partial charge is 0.408 e. The molecule has 29 heteroatoms. The second-order valence-corrected chi connectivity index (χ2v) is 36.9. The summed E-state index contributed by atoms with van der Waals surface area (Å²) in [5.41, 5.74) is -1.45. The van der Waals surface area contributed by atoms with Crippen molar-refractivity contribution in [2.24, 2.45) is 22.7 Å². The van der Waals surface area contributed by atoms with Crippen LogP contribution in [0.3, 0.4) is 0 Å². The number of carbonyl (C=O) groups excluding carboxylic acids is 8. The number of sulfonamides is 2. The first-order valence-corrected chi connectivity index (χ1v) is 38.9. The van der Waals surface area contributed by atoms with E-state index in [2.05, 4.69) is 61.0 Å². The zero-order valence-corrected chi connectivity index (χ0v) is 63.2. The van der Waals surface area contributed by atoms with Gasteiger partial charge in [0.2, 0.25) is 49.6 Å². The molecule has 0 spiro atoms. The summed E-state index contributed by atoms with van der Waals surface area (Å²) in [4.78, 5) is 120. The third-order valence-electron chi connectivity index (χ3n) is 19.8. The number of halogens is 1. The number of pyridine rings is 2. The lowest BCUT2D eigenvalue weighted by atomic mass is 9.85. The molecule has 10 atom stereocenters. The molecule has 4 heterocycles. The lowest BCUT2D eigenvalue weighted by Crippen LogP contribution is -2.60. The number of rotatable bonds is 18. The molecule has 2 saturated heterocycles. The van der Waals surface area contributed by atoms with Gasteiger partial charge in [0.25, 0.3) is 11.8 Å². The molecule has 2 unspecified atom stereocenters. The molecule has 26 nitrogen and oxygen atoms in total. The molecule has 6 aliphatic carbocycles. The van der Waals surface area contributed by atoms with E-state index in [4.69, 9.17) is 30.8 Å². The first kappa shape index (κ1) is 77.7. The van der Waals surface area contributed by atoms with Crippen molar-refractivity contribution in [1.82, 2.24) is 50.5 Å². The molecule has 103 heavy (non-hydrogen) atoms. The summed E-state index contributed by atoms with van der Waals surface area (Å²) < 4.78 is 71.6. The van der Waals surface area contributed by atoms with Crippen LogP contribution in [0.1, 0.15) is 170 Å². The summed E-state index contributed by atoms with van der Waals surface area (Å²) in [6, 6.07) is 11.7. The highest BCUT2D eigenvalue weighted by molar-refractivity contribution is 7.91. The Bertz CT molecular complexity index is 4290. The summed E-state index contributed by atoms with van der Waals surface area (Å²) >= 11 is 6.13. The van der Waals surface area contributed by atoms with Gasteiger partial charge in [-0.1, -0.05) is 108 Å². The largest absolute Gasteiger partial charge is 0.472 e. The minimum Gasteiger partial charge on any atom is -0.472 e. The maximum atomic E-state index is 14.5. The molecule has 2 aromatic carbocycles. The number of ether oxygens (including phenoxy) is 3. The standard InChI is InChI=1S/C37H49N5O8S.C25H40N4O8S.C12H10ClN/c1-8-21-19-37(21,33(45)41-51(47,48)23-16-17-23)40-30(43)28-18-22(49-31-26-13-10-9-12-24(26)25-14-11-15-27(25)38-31)20-42(28)32(44)29(35(2,3)4)39-34(46)50-36(5,6)7;1-8-14-12-25(14,21(33)28-38(35,36)16-9-10-16)27-19(31)17-11-15(30)13-29(17)20(32)18(23(2,3)4)26-22(34)37-24(5,6)7;13-12-10-5-2-1-4-8(10)9-6-3-7-11(9)14-12/h8-10,12-13,21-23,28-29H,1,11,14-20H2,2-7H3,(H,39,46)(H,40,43)(H,41,45);8,14-18,30H,1,9-13H2,2-7H3,(H,26,34)(H,27,31)(H,28,33);1-2,4-5H,3,6-7H2/t21?,22-,28+,29-,37-;14?,15-,17+,18-,25-;/m11./s1. The average molecular weight is 1480 g/mol. The van der Waals surface area contributed by atoms with Crippen LogP contribution >= 0.6 is 11.6 Å². The topological polar surface area (TPSA) is 357 Å². The molecule has 6 fully saturated rings. The number of nitrogens with one attached hydrogen (secondary N) is 6. The molecule has 7 N–H and O–H groups in total. The number of aliphatic hydroxyl groups excluding tert-OH is 1. The van der Waals surface area contributed by atoms with Gasteiger partial charge in [-0.05, 0) is 157 Å². The summed E-state index contributed by atoms with van der Waals surface area (Å²) in [5.74, 6) is -4.73. The quantitative estimate of drug-likeness (QED) is 0.0372. The summed E-state index contributed by atoms with van der Waals surface area (Å²) in [6.45, 7) is 28.1. The van der Waals surface area contributed by atoms with E-state index in [1.165, 1.54) is 50.6 Å². The van der Waals surface area contributed by atoms with Gasteiger partial charge in [-0.25, -0.2) is 36.4 Å². The second kappa shape index (κ2) is 29.2. The van der Waals surface area contributed by atoms with Crippen molar-refractivity contribution in [2.45, 2.75) is 242 Å². The fraction of sp³-hybridized carbons (Fsp3) is 0.595. The van der Waals surface area contributed by atoms with Crippen molar-refractivity contribution in [3.05, 3.63) is 102 Å². The Balaban J connectivity index is 0.000000191. The van der Waals surface area contributed by atoms with Gasteiger partial charge in [-0.3, -0.25) is 38.2 Å². The number of benzene rings is 2. The molecule has 2 aliphatic heterocycles. The van der Waals surface area contributed by atoms with Crippen LogP contribution in [-0.4, -0.2) is 172 Å². The molecular weight excluding hydrogens is 1380 g/mol. The highest BCUT2D eigenvalue weighted by Gasteiger charge is 2.64. The van der Waals surface area contributed by atoms with Gasteiger partial charge in [0, 0.05) is 53.4 Å². The Kier molecular flexibility index (Phi) is 22.0. The van der Waals surface area contributed by atoms with Gasteiger partial charge >= 0.3 is 12.2 Å². The van der Waals surface area contributed by atoms with Crippen LogP contribution in [0.2, 0.25) is 5.15 Å². The highest BCUT2D eigenvalue weighted by atomic mass is 35.5. The number of hydrogen-bond donors (Lipinski definition) is 7. The Hall–Kier alpha value is -7.95. The number of alkyl carbamates (subject to hydrolysis) is 2. The van der Waals surface area contributed by atoms with E-state index in [0.717, 1.165) is 54.0 Å². The predicted molar refractivity (Wildman–Crippen MR) is 387 cm³/mol. The Morgan fingerprint density at radius 3 is 1.39 bits per heavy atom. The molecule has 560 valence electrons. The highest BCUT2D eigenvalue weighted by Crippen LogP contribution is 2.47. The lowest BCUT2D eigenvalue weighted by molar-refractivity contribution is -0.143. The van der Waals surface area contributed by atoms with Gasteiger partial charge in [-0.2, -0.15) is 0 Å². The Morgan fingerprint density at radius 1 is 0.583 bits per heavy atom. The third kappa shape index (κ3) is 17.7. The van der Waals surface area contributed by atoms with Gasteiger partial charge in [0.05, 0.1) is 23.1 Å². The van der Waals surface area contributed by atoms with Crippen molar-refractivity contribution in [2.75, 3.05) is 13.1 Å². The number of aliphatic hydroxyl groups is 1. The second-order valence-electron chi connectivity index (χ2n) is 32.6. The minimum absolute atomic E-state index is 0.00721. The lowest BCUT2D eigenvalue weighted by Gasteiger charge is -2.36. The normalized spacial score (nSPS) is 24.8. The Morgan fingerprint density at radius 2 is 0.981 bits per heavy atom. The van der Waals surface area contributed by atoms with Gasteiger partial charge in [-0.15, -0.1) is 13.2 Å². The van der Waals surface area contributed by atoms with Crippen molar-refractivity contribution < 1.29 is 74.5 Å². The van der Waals surface area contributed by atoms with Gasteiger partial charge < -0.3 is 50.4 Å². The maximum absolute atomic E-state index is 14.5. The number of nitrogens with zero attached hydrogens (tertiary/aromatic N) is 4. The summed E-state index contributed by atoms with van der Waals surface area (Å²) in [6.07, 6.45) is 8.08. The fourth-order valence-corrected chi connectivity index (χ4v) is 16.9. The van der Waals surface area contributed by atoms with Crippen molar-refractivity contribution in [3.63, 3.8) is 0 Å². The molecular formula is C74H99ClN10O16S2. The zero-order valence-electron chi connectivity index (χ0n) is 60.8. The summed E-state index contributed by atoms with van der Waals surface area (Å²) in [7, 11) is -7.73. The predicted octanol–water partition coefficient (Wildman–Crippen LogP) is 7.61. The van der Waals surface area contributed by atoms with E-state index < -0.39 is 159 Å².